The minimum atomic E-state index is -0.466. The summed E-state index contributed by atoms with van der Waals surface area (Å²) < 4.78 is 12.3. The number of hydrogen-bond donors (Lipinski definition) is 0. The van der Waals surface area contributed by atoms with Crippen molar-refractivity contribution in [2.24, 2.45) is 0 Å². The van der Waals surface area contributed by atoms with Gasteiger partial charge in [0.05, 0.1) is 18.7 Å². The van der Waals surface area contributed by atoms with Gasteiger partial charge >= 0.3 is 5.97 Å². The van der Waals surface area contributed by atoms with Gasteiger partial charge in [-0.1, -0.05) is 6.07 Å². The molecule has 0 aromatic carbocycles. The van der Waals surface area contributed by atoms with E-state index in [2.05, 4.69) is 22.2 Å². The third-order valence-corrected chi connectivity index (χ3v) is 3.94. The minimum Gasteiger partial charge on any atom is -0.461 e. The van der Waals surface area contributed by atoms with Crippen molar-refractivity contribution >= 4 is 11.6 Å². The van der Waals surface area contributed by atoms with Gasteiger partial charge in [-0.2, -0.15) is 0 Å². The van der Waals surface area contributed by atoms with Crippen LogP contribution in [0.15, 0.2) is 35.2 Å². The molecule has 0 unspecified atom stereocenters. The number of rotatable bonds is 5. The fourth-order valence-corrected chi connectivity index (χ4v) is 2.65. The number of fused-ring (bicyclic) bond motifs is 1. The van der Waals surface area contributed by atoms with Crippen LogP contribution in [-0.4, -0.2) is 26.9 Å². The van der Waals surface area contributed by atoms with E-state index in [1.54, 1.807) is 6.92 Å². The standard InChI is InChI=1S/C17H17N3O3/c1-2-22-17(21)14-10-23-16(19-14)7-13-9-20-8-12(11-3-4-11)5-6-15(20)18-13/h5-6,8-11H,2-4,7H2,1H3. The Kier molecular flexibility index (Phi) is 3.37. The van der Waals surface area contributed by atoms with Gasteiger partial charge in [0.1, 0.15) is 11.9 Å². The van der Waals surface area contributed by atoms with Crippen molar-refractivity contribution in [1.29, 1.82) is 0 Å². The lowest BCUT2D eigenvalue weighted by Crippen LogP contribution is -2.05. The molecule has 1 fully saturated rings. The Bertz CT molecular complexity index is 861. The summed E-state index contributed by atoms with van der Waals surface area (Å²) in [6.07, 6.45) is 8.45. The van der Waals surface area contributed by atoms with Gasteiger partial charge in [-0.25, -0.2) is 14.8 Å². The molecular formula is C17H17N3O3. The van der Waals surface area contributed by atoms with Gasteiger partial charge < -0.3 is 13.6 Å². The quantitative estimate of drug-likeness (QED) is 0.678. The van der Waals surface area contributed by atoms with E-state index in [0.29, 0.717) is 24.8 Å². The molecule has 0 spiro atoms. The van der Waals surface area contributed by atoms with E-state index in [1.807, 2.05) is 16.7 Å². The maximum atomic E-state index is 11.6. The number of oxazole rings is 1. The van der Waals surface area contributed by atoms with E-state index in [1.165, 1.54) is 24.7 Å². The number of aromatic nitrogens is 3. The van der Waals surface area contributed by atoms with Crippen LogP contribution in [0.3, 0.4) is 0 Å². The van der Waals surface area contributed by atoms with Crippen molar-refractivity contribution in [3.63, 3.8) is 0 Å². The maximum absolute atomic E-state index is 11.6. The second kappa shape index (κ2) is 5.53. The predicted octanol–water partition coefficient (Wildman–Crippen LogP) is 2.97. The highest BCUT2D eigenvalue weighted by molar-refractivity contribution is 5.86. The zero-order valence-corrected chi connectivity index (χ0v) is 12.9. The van der Waals surface area contributed by atoms with Crippen LogP contribution in [0.1, 0.15) is 53.3 Å². The molecular weight excluding hydrogens is 294 g/mol. The predicted molar refractivity (Wildman–Crippen MR) is 82.4 cm³/mol. The molecule has 0 amide bonds. The Labute approximate surface area is 133 Å². The molecule has 0 N–H and O–H groups in total. The molecule has 4 rings (SSSR count). The molecule has 1 aliphatic rings. The number of nitrogens with zero attached hydrogens (tertiary/aromatic N) is 3. The Morgan fingerprint density at radius 3 is 3.00 bits per heavy atom. The first-order valence-electron chi connectivity index (χ1n) is 7.82. The minimum absolute atomic E-state index is 0.196. The van der Waals surface area contributed by atoms with E-state index in [9.17, 15) is 4.79 Å². The molecule has 0 bridgehead atoms. The van der Waals surface area contributed by atoms with Crippen LogP contribution in [0.5, 0.6) is 0 Å². The zero-order chi connectivity index (χ0) is 15.8. The summed E-state index contributed by atoms with van der Waals surface area (Å²) in [6.45, 7) is 2.07. The van der Waals surface area contributed by atoms with Gasteiger partial charge in [-0.3, -0.25) is 0 Å². The Morgan fingerprint density at radius 1 is 1.35 bits per heavy atom. The number of ether oxygens (including phenoxy) is 1. The Hall–Kier alpha value is -2.63. The van der Waals surface area contributed by atoms with Crippen molar-refractivity contribution in [2.75, 3.05) is 6.61 Å². The summed E-state index contributed by atoms with van der Waals surface area (Å²) in [7, 11) is 0. The van der Waals surface area contributed by atoms with Crippen LogP contribution in [0, 0.1) is 0 Å². The molecule has 0 saturated heterocycles. The Balaban J connectivity index is 1.54. The van der Waals surface area contributed by atoms with Crippen molar-refractivity contribution in [3.05, 3.63) is 53.6 Å². The lowest BCUT2D eigenvalue weighted by Gasteiger charge is -1.98. The van der Waals surface area contributed by atoms with Crippen LogP contribution in [0.2, 0.25) is 0 Å². The number of esters is 1. The van der Waals surface area contributed by atoms with Gasteiger partial charge in [0.25, 0.3) is 0 Å². The monoisotopic (exact) mass is 311 g/mol. The molecule has 0 aliphatic heterocycles. The molecule has 6 heteroatoms. The molecule has 118 valence electrons. The fraction of sp³-hybridized carbons (Fsp3) is 0.353. The van der Waals surface area contributed by atoms with Crippen LogP contribution in [-0.2, 0) is 11.2 Å². The van der Waals surface area contributed by atoms with E-state index in [4.69, 9.17) is 9.15 Å². The summed E-state index contributed by atoms with van der Waals surface area (Å²) in [5.74, 6) is 0.703. The fourth-order valence-electron chi connectivity index (χ4n) is 2.65. The molecule has 23 heavy (non-hydrogen) atoms. The highest BCUT2D eigenvalue weighted by Crippen LogP contribution is 2.39. The van der Waals surface area contributed by atoms with Crippen LogP contribution >= 0.6 is 0 Å². The van der Waals surface area contributed by atoms with Gasteiger partial charge in [-0.15, -0.1) is 0 Å². The smallest absolute Gasteiger partial charge is 0.360 e. The molecule has 1 saturated carbocycles. The lowest BCUT2D eigenvalue weighted by molar-refractivity contribution is 0.0519. The van der Waals surface area contributed by atoms with Crippen LogP contribution < -0.4 is 0 Å². The molecule has 0 atom stereocenters. The number of hydrogen-bond acceptors (Lipinski definition) is 5. The average Bonchev–Trinajstić information content (AvgIpc) is 3.15. The second-order valence-corrected chi connectivity index (χ2v) is 5.76. The molecule has 3 heterocycles. The first kappa shape index (κ1) is 14.0. The average molecular weight is 311 g/mol. The van der Waals surface area contributed by atoms with Crippen LogP contribution in [0.25, 0.3) is 5.65 Å². The van der Waals surface area contributed by atoms with Gasteiger partial charge in [0, 0.05) is 12.4 Å². The largest absolute Gasteiger partial charge is 0.461 e. The number of carbonyl (C=O) groups excluding carboxylic acids is 1. The van der Waals surface area contributed by atoms with Crippen LogP contribution in [0.4, 0.5) is 0 Å². The van der Waals surface area contributed by atoms with Crippen molar-refractivity contribution < 1.29 is 13.9 Å². The lowest BCUT2D eigenvalue weighted by atomic mass is 10.2. The van der Waals surface area contributed by atoms with Crippen molar-refractivity contribution in [1.82, 2.24) is 14.4 Å². The number of imidazole rings is 1. The van der Waals surface area contributed by atoms with E-state index in [0.717, 1.165) is 11.3 Å². The molecule has 3 aromatic heterocycles. The summed E-state index contributed by atoms with van der Waals surface area (Å²) in [4.78, 5) is 20.3. The van der Waals surface area contributed by atoms with E-state index in [-0.39, 0.29) is 5.69 Å². The number of carbonyl (C=O) groups is 1. The van der Waals surface area contributed by atoms with Gasteiger partial charge in [-0.05, 0) is 37.3 Å². The molecule has 6 nitrogen and oxygen atoms in total. The topological polar surface area (TPSA) is 69.6 Å². The van der Waals surface area contributed by atoms with Crippen molar-refractivity contribution in [2.45, 2.75) is 32.1 Å². The SMILES string of the molecule is CCOC(=O)c1coc(Cc2cn3cc(C4CC4)ccc3n2)n1. The summed E-state index contributed by atoms with van der Waals surface area (Å²) in [6, 6.07) is 4.19. The van der Waals surface area contributed by atoms with E-state index >= 15 is 0 Å². The molecule has 3 aromatic rings. The number of pyridine rings is 1. The summed E-state index contributed by atoms with van der Waals surface area (Å²) >= 11 is 0. The van der Waals surface area contributed by atoms with Gasteiger partial charge in [0.2, 0.25) is 5.89 Å². The summed E-state index contributed by atoms with van der Waals surface area (Å²) in [5, 5.41) is 0. The first-order valence-corrected chi connectivity index (χ1v) is 7.82. The highest BCUT2D eigenvalue weighted by Gasteiger charge is 2.23. The summed E-state index contributed by atoms with van der Waals surface area (Å²) in [5.41, 5.74) is 3.32. The third-order valence-electron chi connectivity index (χ3n) is 3.94. The second-order valence-electron chi connectivity index (χ2n) is 5.76. The molecule has 0 radical (unpaired) electrons. The molecule has 1 aliphatic carbocycles. The van der Waals surface area contributed by atoms with E-state index < -0.39 is 5.97 Å². The Morgan fingerprint density at radius 2 is 2.22 bits per heavy atom. The maximum Gasteiger partial charge on any atom is 0.360 e. The highest BCUT2D eigenvalue weighted by atomic mass is 16.5. The first-order chi connectivity index (χ1) is 11.2. The third kappa shape index (κ3) is 2.84. The normalized spacial score (nSPS) is 14.3. The van der Waals surface area contributed by atoms with Gasteiger partial charge in [0.15, 0.2) is 5.69 Å². The zero-order valence-electron chi connectivity index (χ0n) is 12.9. The van der Waals surface area contributed by atoms with Crippen molar-refractivity contribution in [3.8, 4) is 0 Å².